The van der Waals surface area contributed by atoms with Crippen LogP contribution in [0.4, 0.5) is 0 Å². The van der Waals surface area contributed by atoms with Crippen molar-refractivity contribution in [3.63, 3.8) is 0 Å². The normalized spacial score (nSPS) is 9.23. The molecule has 0 aliphatic rings. The quantitative estimate of drug-likeness (QED) is 0.625. The monoisotopic (exact) mass is 320 g/mol. The molecule has 0 atom stereocenters. The number of unbranched alkanes of at least 4 members (excludes halogenated alkanes) is 1. The number of methoxy groups -OCH3 is 1. The number of hydrogen-bond donors (Lipinski definition) is 0. The summed E-state index contributed by atoms with van der Waals surface area (Å²) in [4.78, 5) is 0. The van der Waals surface area contributed by atoms with Gasteiger partial charge in [0.05, 0.1) is 7.11 Å². The molecule has 1 nitrogen and oxygen atoms in total. The number of hydrogen-bond acceptors (Lipinski definition) is 1. The molecule has 0 unspecified atom stereocenters. The van der Waals surface area contributed by atoms with E-state index in [2.05, 4.69) is 56.3 Å². The van der Waals surface area contributed by atoms with Gasteiger partial charge in [-0.25, -0.2) is 0 Å². The summed E-state index contributed by atoms with van der Waals surface area (Å²) >= 11 is 0. The second-order valence-corrected chi connectivity index (χ2v) is 5.19. The van der Waals surface area contributed by atoms with Crippen LogP contribution < -0.4 is 4.74 Å². The van der Waals surface area contributed by atoms with E-state index < -0.39 is 0 Å². The van der Waals surface area contributed by atoms with E-state index in [1.165, 1.54) is 43.2 Å². The summed E-state index contributed by atoms with van der Waals surface area (Å²) in [6.45, 7) is 4.41. The Morgan fingerprint density at radius 1 is 0.727 bits per heavy atom. The summed E-state index contributed by atoms with van der Waals surface area (Å²) in [5, 5.41) is 0. The molecule has 0 saturated heterocycles. The lowest BCUT2D eigenvalue weighted by Gasteiger charge is -2.01. The lowest BCUT2D eigenvalue weighted by atomic mass is 10.1. The van der Waals surface area contributed by atoms with Crippen molar-refractivity contribution in [2.75, 3.05) is 7.11 Å². The first-order chi connectivity index (χ1) is 10.3. The molecule has 0 heterocycles. The maximum absolute atomic E-state index is 5.07. The molecule has 0 radical (unpaired) electrons. The van der Waals surface area contributed by atoms with Crippen molar-refractivity contribution in [3.05, 3.63) is 65.7 Å². The molecule has 0 bridgehead atoms. The van der Waals surface area contributed by atoms with Gasteiger partial charge in [0.15, 0.2) is 0 Å². The van der Waals surface area contributed by atoms with Crippen molar-refractivity contribution >= 4 is 12.4 Å². The molecule has 0 N–H and O–H groups in total. The topological polar surface area (TPSA) is 9.23 Å². The van der Waals surface area contributed by atoms with Crippen molar-refractivity contribution in [1.82, 2.24) is 0 Å². The Labute approximate surface area is 142 Å². The van der Waals surface area contributed by atoms with Gasteiger partial charge in [0.25, 0.3) is 0 Å². The predicted octanol–water partition coefficient (Wildman–Crippen LogP) is 6.10. The number of aryl methyl sites for hydroxylation is 2. The molecular weight excluding hydrogens is 292 g/mol. The highest BCUT2D eigenvalue weighted by Crippen LogP contribution is 2.12. The van der Waals surface area contributed by atoms with Crippen LogP contribution in [0.2, 0.25) is 0 Å². The highest BCUT2D eigenvalue weighted by Gasteiger charge is 1.92. The predicted molar refractivity (Wildman–Crippen MR) is 99.3 cm³/mol. The molecular formula is C20H29ClO. The molecule has 0 aromatic heterocycles. The minimum absolute atomic E-state index is 0. The van der Waals surface area contributed by atoms with Gasteiger partial charge in [-0.05, 0) is 42.5 Å². The van der Waals surface area contributed by atoms with Crippen LogP contribution in [0, 0.1) is 0 Å². The zero-order chi connectivity index (χ0) is 15.3. The zero-order valence-electron chi connectivity index (χ0n) is 14.0. The summed E-state index contributed by atoms with van der Waals surface area (Å²) in [5.74, 6) is 0.940. The molecule has 0 amide bonds. The van der Waals surface area contributed by atoms with Crippen LogP contribution in [0.3, 0.4) is 0 Å². The molecule has 0 spiro atoms. The van der Waals surface area contributed by atoms with E-state index in [9.17, 15) is 0 Å². The third-order valence-corrected chi connectivity index (χ3v) is 3.36. The first-order valence-corrected chi connectivity index (χ1v) is 7.97. The maximum Gasteiger partial charge on any atom is 0.118 e. The molecule has 0 aliphatic carbocycles. The molecule has 0 fully saturated rings. The molecule has 122 valence electrons. The first-order valence-electron chi connectivity index (χ1n) is 7.97. The van der Waals surface area contributed by atoms with Gasteiger partial charge in [-0.1, -0.05) is 69.2 Å². The highest BCUT2D eigenvalue weighted by molar-refractivity contribution is 5.85. The van der Waals surface area contributed by atoms with Crippen LogP contribution in [0.5, 0.6) is 5.75 Å². The maximum atomic E-state index is 5.07. The van der Waals surface area contributed by atoms with Gasteiger partial charge in [-0.3, -0.25) is 0 Å². The van der Waals surface area contributed by atoms with Crippen LogP contribution in [0.25, 0.3) is 0 Å². The smallest absolute Gasteiger partial charge is 0.118 e. The van der Waals surface area contributed by atoms with E-state index in [0.29, 0.717) is 0 Å². The Bertz CT molecular complexity index is 465. The second kappa shape index (κ2) is 13.2. The number of benzene rings is 2. The molecule has 2 rings (SSSR count). The van der Waals surface area contributed by atoms with E-state index in [1.807, 2.05) is 12.1 Å². The van der Waals surface area contributed by atoms with Gasteiger partial charge in [-0.2, -0.15) is 0 Å². The third kappa shape index (κ3) is 8.74. The average molecular weight is 321 g/mol. The summed E-state index contributed by atoms with van der Waals surface area (Å²) in [7, 11) is 1.70. The SMILES string of the molecule is CCCCc1ccc(OC)cc1.CCCc1ccccc1.Cl. The van der Waals surface area contributed by atoms with Crippen molar-refractivity contribution in [2.45, 2.75) is 46.0 Å². The van der Waals surface area contributed by atoms with Gasteiger partial charge in [0, 0.05) is 0 Å². The van der Waals surface area contributed by atoms with E-state index >= 15 is 0 Å². The number of rotatable bonds is 6. The fourth-order valence-electron chi connectivity index (χ4n) is 2.11. The summed E-state index contributed by atoms with van der Waals surface area (Å²) in [5.41, 5.74) is 2.85. The van der Waals surface area contributed by atoms with Crippen molar-refractivity contribution in [2.24, 2.45) is 0 Å². The van der Waals surface area contributed by atoms with Crippen LogP contribution in [0.1, 0.15) is 44.2 Å². The minimum atomic E-state index is 0. The second-order valence-electron chi connectivity index (χ2n) is 5.19. The first kappa shape index (κ1) is 20.5. The molecule has 22 heavy (non-hydrogen) atoms. The van der Waals surface area contributed by atoms with Gasteiger partial charge >= 0.3 is 0 Å². The standard InChI is InChI=1S/C11H16O.C9H12.ClH/c1-3-4-5-10-6-8-11(12-2)9-7-10;1-2-6-9-7-4-3-5-8-9;/h6-9H,3-5H2,1-2H3;3-5,7-8H,2,6H2,1H3;1H. The molecule has 0 saturated carbocycles. The molecule has 2 aromatic carbocycles. The fourth-order valence-corrected chi connectivity index (χ4v) is 2.11. The van der Waals surface area contributed by atoms with Crippen molar-refractivity contribution < 1.29 is 4.74 Å². The third-order valence-electron chi connectivity index (χ3n) is 3.36. The lowest BCUT2D eigenvalue weighted by Crippen LogP contribution is -1.86. The Hall–Kier alpha value is -1.47. The van der Waals surface area contributed by atoms with Crippen LogP contribution in [-0.2, 0) is 12.8 Å². The van der Waals surface area contributed by atoms with Crippen LogP contribution in [0.15, 0.2) is 54.6 Å². The summed E-state index contributed by atoms with van der Waals surface area (Å²) in [6.07, 6.45) is 6.16. The van der Waals surface area contributed by atoms with E-state index in [1.54, 1.807) is 7.11 Å². The van der Waals surface area contributed by atoms with Gasteiger partial charge in [0.1, 0.15) is 5.75 Å². The van der Waals surface area contributed by atoms with Gasteiger partial charge in [0.2, 0.25) is 0 Å². The zero-order valence-corrected chi connectivity index (χ0v) is 14.9. The van der Waals surface area contributed by atoms with Crippen molar-refractivity contribution in [1.29, 1.82) is 0 Å². The van der Waals surface area contributed by atoms with E-state index in [-0.39, 0.29) is 12.4 Å². The molecule has 2 heteroatoms. The van der Waals surface area contributed by atoms with E-state index in [4.69, 9.17) is 4.74 Å². The van der Waals surface area contributed by atoms with Gasteiger partial charge in [-0.15, -0.1) is 12.4 Å². The summed E-state index contributed by atoms with van der Waals surface area (Å²) in [6, 6.07) is 18.9. The molecule has 0 aliphatic heterocycles. The lowest BCUT2D eigenvalue weighted by molar-refractivity contribution is 0.414. The highest BCUT2D eigenvalue weighted by atomic mass is 35.5. The summed E-state index contributed by atoms with van der Waals surface area (Å²) < 4.78 is 5.07. The number of halogens is 1. The Kier molecular flexibility index (Phi) is 12.3. The Balaban J connectivity index is 0.000000397. The van der Waals surface area contributed by atoms with Crippen LogP contribution >= 0.6 is 12.4 Å². The van der Waals surface area contributed by atoms with E-state index in [0.717, 1.165) is 5.75 Å². The average Bonchev–Trinajstić information content (AvgIpc) is 2.55. The Morgan fingerprint density at radius 2 is 1.32 bits per heavy atom. The largest absolute Gasteiger partial charge is 0.497 e. The fraction of sp³-hybridized carbons (Fsp3) is 0.400. The number of ether oxygens (including phenoxy) is 1. The van der Waals surface area contributed by atoms with Crippen LogP contribution in [-0.4, -0.2) is 7.11 Å². The molecule has 2 aromatic rings. The van der Waals surface area contributed by atoms with Crippen molar-refractivity contribution in [3.8, 4) is 5.75 Å². The minimum Gasteiger partial charge on any atom is -0.497 e. The van der Waals surface area contributed by atoms with Gasteiger partial charge < -0.3 is 4.74 Å². The Morgan fingerprint density at radius 3 is 1.82 bits per heavy atom.